The van der Waals surface area contributed by atoms with Gasteiger partial charge in [0.15, 0.2) is 0 Å². The maximum Gasteiger partial charge on any atom is 0.252 e. The first-order valence-corrected chi connectivity index (χ1v) is 8.99. The Balaban J connectivity index is 1.79. The van der Waals surface area contributed by atoms with Gasteiger partial charge in [0, 0.05) is 12.6 Å². The molecular formula is C15H13FN2O3S2. The lowest BCUT2D eigenvalue weighted by atomic mass is 10.2. The fourth-order valence-corrected chi connectivity index (χ4v) is 4.35. The molecule has 2 heterocycles. The fourth-order valence-electron chi connectivity index (χ4n) is 2.01. The summed E-state index contributed by atoms with van der Waals surface area (Å²) in [5.74, 6) is -0.138. The zero-order chi connectivity index (χ0) is 16.4. The normalized spacial score (nSPS) is 12.0. The Labute approximate surface area is 137 Å². The number of nitrogens with zero attached hydrogens (tertiary/aromatic N) is 2. The maximum atomic E-state index is 13.2. The number of sulfonamides is 1. The third-order valence-electron chi connectivity index (χ3n) is 3.17. The molecule has 0 N–H and O–H groups in total. The van der Waals surface area contributed by atoms with Gasteiger partial charge in [-0.15, -0.1) is 11.3 Å². The van der Waals surface area contributed by atoms with Crippen molar-refractivity contribution in [3.8, 4) is 11.5 Å². The number of halogens is 1. The molecule has 0 bridgehead atoms. The minimum absolute atomic E-state index is 0.0685. The summed E-state index contributed by atoms with van der Waals surface area (Å²) in [4.78, 5) is 4.22. The highest BCUT2D eigenvalue weighted by Crippen LogP contribution is 2.23. The van der Waals surface area contributed by atoms with Crippen LogP contribution in [-0.4, -0.2) is 24.8 Å². The lowest BCUT2D eigenvalue weighted by molar-refractivity contribution is 0.462. The van der Waals surface area contributed by atoms with Crippen LogP contribution in [0.25, 0.3) is 11.5 Å². The summed E-state index contributed by atoms with van der Waals surface area (Å²) in [7, 11) is -2.07. The van der Waals surface area contributed by atoms with E-state index in [0.717, 1.165) is 11.3 Å². The van der Waals surface area contributed by atoms with Crippen LogP contribution in [0.1, 0.15) is 5.69 Å². The Morgan fingerprint density at radius 3 is 2.83 bits per heavy atom. The lowest BCUT2D eigenvalue weighted by Gasteiger charge is -2.14. The summed E-state index contributed by atoms with van der Waals surface area (Å²) in [6.07, 6.45) is 1.38. The van der Waals surface area contributed by atoms with Crippen LogP contribution in [0.2, 0.25) is 0 Å². The topological polar surface area (TPSA) is 63.4 Å². The number of hydrogen-bond acceptors (Lipinski definition) is 5. The SMILES string of the molecule is CN(Cc1coc(-c2cccc(F)c2)n1)S(=O)(=O)c1cccs1. The average molecular weight is 352 g/mol. The molecule has 3 aromatic rings. The monoisotopic (exact) mass is 352 g/mol. The molecule has 5 nitrogen and oxygen atoms in total. The van der Waals surface area contributed by atoms with Gasteiger partial charge < -0.3 is 4.42 Å². The summed E-state index contributed by atoms with van der Waals surface area (Å²) >= 11 is 1.16. The number of thiophene rings is 1. The molecule has 0 saturated heterocycles. The molecule has 2 aromatic heterocycles. The van der Waals surface area contributed by atoms with Gasteiger partial charge >= 0.3 is 0 Å². The molecular weight excluding hydrogens is 339 g/mol. The van der Waals surface area contributed by atoms with E-state index in [0.29, 0.717) is 11.3 Å². The lowest BCUT2D eigenvalue weighted by Crippen LogP contribution is -2.25. The van der Waals surface area contributed by atoms with Crippen LogP contribution >= 0.6 is 11.3 Å². The molecule has 0 atom stereocenters. The van der Waals surface area contributed by atoms with E-state index in [2.05, 4.69) is 4.98 Å². The standard InChI is InChI=1S/C15H13FN2O3S2/c1-18(23(19,20)14-6-3-7-22-14)9-13-10-21-15(17-13)11-4-2-5-12(16)8-11/h2-8,10H,9H2,1H3. The van der Waals surface area contributed by atoms with Crippen molar-refractivity contribution in [1.82, 2.24) is 9.29 Å². The second-order valence-corrected chi connectivity index (χ2v) is 8.07. The van der Waals surface area contributed by atoms with Crippen LogP contribution in [0.5, 0.6) is 0 Å². The van der Waals surface area contributed by atoms with E-state index in [1.165, 1.54) is 29.7 Å². The zero-order valence-electron chi connectivity index (χ0n) is 12.1. The minimum Gasteiger partial charge on any atom is -0.444 e. The number of oxazole rings is 1. The van der Waals surface area contributed by atoms with Crippen LogP contribution in [0.3, 0.4) is 0 Å². The van der Waals surface area contributed by atoms with Gasteiger partial charge in [-0.3, -0.25) is 0 Å². The van der Waals surface area contributed by atoms with E-state index in [4.69, 9.17) is 4.42 Å². The van der Waals surface area contributed by atoms with Crippen molar-refractivity contribution in [2.45, 2.75) is 10.8 Å². The van der Waals surface area contributed by atoms with E-state index >= 15 is 0 Å². The molecule has 3 rings (SSSR count). The van der Waals surface area contributed by atoms with E-state index in [9.17, 15) is 12.8 Å². The van der Waals surface area contributed by atoms with Crippen LogP contribution < -0.4 is 0 Å². The largest absolute Gasteiger partial charge is 0.444 e. The fraction of sp³-hybridized carbons (Fsp3) is 0.133. The summed E-state index contributed by atoms with van der Waals surface area (Å²) in [5.41, 5.74) is 0.951. The quantitative estimate of drug-likeness (QED) is 0.706. The van der Waals surface area contributed by atoms with E-state index in [1.807, 2.05) is 0 Å². The third kappa shape index (κ3) is 3.34. The molecule has 1 aromatic carbocycles. The Bertz CT molecular complexity index is 904. The molecule has 0 unspecified atom stereocenters. The molecule has 0 aliphatic carbocycles. The predicted octanol–water partition coefficient (Wildman–Crippen LogP) is 3.36. The third-order valence-corrected chi connectivity index (χ3v) is 6.34. The molecule has 8 heteroatoms. The van der Waals surface area contributed by atoms with E-state index in [-0.39, 0.29) is 22.5 Å². The van der Waals surface area contributed by atoms with Crippen LogP contribution in [0.15, 0.2) is 56.7 Å². The molecule has 0 spiro atoms. The summed E-state index contributed by atoms with van der Waals surface area (Å²) in [6, 6.07) is 9.10. The van der Waals surface area contributed by atoms with Crippen molar-refractivity contribution < 1.29 is 17.2 Å². The van der Waals surface area contributed by atoms with Gasteiger partial charge in [-0.05, 0) is 29.6 Å². The van der Waals surface area contributed by atoms with Crippen molar-refractivity contribution in [1.29, 1.82) is 0 Å². The first-order chi connectivity index (χ1) is 11.0. The molecule has 120 valence electrons. The van der Waals surface area contributed by atoms with Crippen LogP contribution in [0, 0.1) is 5.82 Å². The van der Waals surface area contributed by atoms with Crippen molar-refractivity contribution in [3.05, 3.63) is 59.6 Å². The van der Waals surface area contributed by atoms with Gasteiger partial charge in [0.1, 0.15) is 16.3 Å². The van der Waals surface area contributed by atoms with Gasteiger partial charge in [-0.1, -0.05) is 12.1 Å². The van der Waals surface area contributed by atoms with Crippen molar-refractivity contribution >= 4 is 21.4 Å². The first-order valence-electron chi connectivity index (χ1n) is 6.67. The summed E-state index contributed by atoms with van der Waals surface area (Å²) in [6.45, 7) is 0.0685. The van der Waals surface area contributed by atoms with Gasteiger partial charge in [0.05, 0.1) is 12.2 Å². The smallest absolute Gasteiger partial charge is 0.252 e. The van der Waals surface area contributed by atoms with Gasteiger partial charge in [-0.2, -0.15) is 4.31 Å². The van der Waals surface area contributed by atoms with Gasteiger partial charge in [0.25, 0.3) is 10.0 Å². The highest BCUT2D eigenvalue weighted by atomic mass is 32.2. The van der Waals surface area contributed by atoms with Crippen molar-refractivity contribution in [3.63, 3.8) is 0 Å². The molecule has 0 saturated carbocycles. The number of hydrogen-bond donors (Lipinski definition) is 0. The molecule has 0 amide bonds. The van der Waals surface area contributed by atoms with Gasteiger partial charge in [0.2, 0.25) is 5.89 Å². The Kier molecular flexibility index (Phi) is 4.29. The number of aromatic nitrogens is 1. The van der Waals surface area contributed by atoms with E-state index in [1.54, 1.807) is 29.6 Å². The Morgan fingerprint density at radius 1 is 1.30 bits per heavy atom. The second kappa shape index (κ2) is 6.23. The average Bonchev–Trinajstić information content (AvgIpc) is 3.19. The van der Waals surface area contributed by atoms with Crippen molar-refractivity contribution in [2.75, 3.05) is 7.05 Å². The minimum atomic E-state index is -3.55. The molecule has 0 aliphatic heterocycles. The summed E-state index contributed by atoms with van der Waals surface area (Å²) in [5, 5.41) is 1.71. The zero-order valence-corrected chi connectivity index (χ0v) is 13.8. The highest BCUT2D eigenvalue weighted by Gasteiger charge is 2.23. The Hall–Kier alpha value is -2.03. The first kappa shape index (κ1) is 15.9. The molecule has 0 fully saturated rings. The van der Waals surface area contributed by atoms with Crippen LogP contribution in [0.4, 0.5) is 4.39 Å². The van der Waals surface area contributed by atoms with Crippen LogP contribution in [-0.2, 0) is 16.6 Å². The highest BCUT2D eigenvalue weighted by molar-refractivity contribution is 7.91. The van der Waals surface area contributed by atoms with Crippen molar-refractivity contribution in [2.24, 2.45) is 0 Å². The van der Waals surface area contributed by atoms with E-state index < -0.39 is 10.0 Å². The summed E-state index contributed by atoms with van der Waals surface area (Å²) < 4.78 is 44.7. The second-order valence-electron chi connectivity index (χ2n) is 4.85. The molecule has 23 heavy (non-hydrogen) atoms. The molecule has 0 radical (unpaired) electrons. The number of rotatable bonds is 5. The maximum absolute atomic E-state index is 13.2. The van der Waals surface area contributed by atoms with Gasteiger partial charge in [-0.25, -0.2) is 17.8 Å². The Morgan fingerprint density at radius 2 is 2.13 bits per heavy atom. The number of benzene rings is 1. The predicted molar refractivity (Wildman–Crippen MR) is 84.9 cm³/mol. The molecule has 0 aliphatic rings.